The molecule has 1 aromatic rings. The van der Waals surface area contributed by atoms with Gasteiger partial charge in [0, 0.05) is 24.4 Å². The maximum atomic E-state index is 11.8. The molecular weight excluding hydrogens is 246 g/mol. The minimum absolute atomic E-state index is 0.0511. The Morgan fingerprint density at radius 1 is 1.44 bits per heavy atom. The molecule has 1 aliphatic carbocycles. The largest absolute Gasteiger partial charge is 0.396 e. The number of rotatable bonds is 6. The zero-order chi connectivity index (χ0) is 11.6. The van der Waals surface area contributed by atoms with E-state index in [0.29, 0.717) is 23.1 Å². The van der Waals surface area contributed by atoms with Gasteiger partial charge in [-0.05, 0) is 30.9 Å². The predicted octanol–water partition coefficient (Wildman–Crippen LogP) is 0.971. The third-order valence-corrected chi connectivity index (χ3v) is 5.58. The second kappa shape index (κ2) is 4.83. The average molecular weight is 261 g/mol. The molecule has 1 heterocycles. The second-order valence-electron chi connectivity index (χ2n) is 3.99. The highest BCUT2D eigenvalue weighted by molar-refractivity contribution is 7.91. The highest BCUT2D eigenvalue weighted by atomic mass is 32.2. The summed E-state index contributed by atoms with van der Waals surface area (Å²) in [5.74, 6) is 0.534. The van der Waals surface area contributed by atoms with Crippen LogP contribution in [0.15, 0.2) is 16.3 Å². The van der Waals surface area contributed by atoms with E-state index in [4.69, 9.17) is 5.11 Å². The molecule has 1 saturated carbocycles. The second-order valence-corrected chi connectivity index (χ2v) is 7.15. The van der Waals surface area contributed by atoms with E-state index in [2.05, 4.69) is 4.72 Å². The minimum Gasteiger partial charge on any atom is -0.396 e. The monoisotopic (exact) mass is 261 g/mol. The van der Waals surface area contributed by atoms with Crippen LogP contribution in [0.2, 0.25) is 0 Å². The number of aliphatic hydroxyl groups excluding tert-OH is 1. The lowest BCUT2D eigenvalue weighted by Crippen LogP contribution is -2.25. The summed E-state index contributed by atoms with van der Waals surface area (Å²) in [5, 5.41) is 8.76. The van der Waals surface area contributed by atoms with Crippen LogP contribution in [0.3, 0.4) is 0 Å². The molecule has 6 heteroatoms. The van der Waals surface area contributed by atoms with Gasteiger partial charge in [0.15, 0.2) is 0 Å². The van der Waals surface area contributed by atoms with Gasteiger partial charge in [0.2, 0.25) is 10.0 Å². The smallest absolute Gasteiger partial charge is 0.250 e. The van der Waals surface area contributed by atoms with Gasteiger partial charge in [0.25, 0.3) is 0 Å². The van der Waals surface area contributed by atoms with Gasteiger partial charge in [-0.1, -0.05) is 0 Å². The Kier molecular flexibility index (Phi) is 3.63. The third-order valence-electron chi connectivity index (χ3n) is 2.52. The van der Waals surface area contributed by atoms with Crippen molar-refractivity contribution in [2.24, 2.45) is 5.92 Å². The summed E-state index contributed by atoms with van der Waals surface area (Å²) < 4.78 is 26.6. The van der Waals surface area contributed by atoms with Gasteiger partial charge in [-0.25, -0.2) is 13.1 Å². The lowest BCUT2D eigenvalue weighted by Gasteiger charge is -2.02. The van der Waals surface area contributed by atoms with Crippen LogP contribution in [0.5, 0.6) is 0 Å². The van der Waals surface area contributed by atoms with Crippen LogP contribution < -0.4 is 4.72 Å². The highest BCUT2D eigenvalue weighted by Crippen LogP contribution is 2.29. The maximum Gasteiger partial charge on any atom is 0.250 e. The first-order chi connectivity index (χ1) is 7.62. The zero-order valence-corrected chi connectivity index (χ0v) is 10.5. The van der Waals surface area contributed by atoms with Crippen molar-refractivity contribution in [1.29, 1.82) is 0 Å². The van der Waals surface area contributed by atoms with Crippen LogP contribution >= 0.6 is 11.3 Å². The fourth-order valence-electron chi connectivity index (χ4n) is 1.37. The molecule has 1 fully saturated rings. The number of thiophene rings is 1. The lowest BCUT2D eigenvalue weighted by molar-refractivity contribution is 0.300. The van der Waals surface area contributed by atoms with Crippen LogP contribution in [0.25, 0.3) is 0 Å². The van der Waals surface area contributed by atoms with E-state index in [0.717, 1.165) is 17.7 Å². The Morgan fingerprint density at radius 2 is 2.19 bits per heavy atom. The third kappa shape index (κ3) is 3.04. The molecule has 1 aliphatic rings. The molecule has 2 N–H and O–H groups in total. The van der Waals surface area contributed by atoms with E-state index < -0.39 is 10.0 Å². The van der Waals surface area contributed by atoms with Crippen molar-refractivity contribution >= 4 is 21.4 Å². The topological polar surface area (TPSA) is 66.4 Å². The predicted molar refractivity (Wildman–Crippen MR) is 63.0 cm³/mol. The lowest BCUT2D eigenvalue weighted by atomic mass is 10.4. The zero-order valence-electron chi connectivity index (χ0n) is 8.85. The molecule has 2 rings (SSSR count). The molecule has 0 aromatic carbocycles. The van der Waals surface area contributed by atoms with Crippen LogP contribution in [0.1, 0.15) is 17.7 Å². The summed E-state index contributed by atoms with van der Waals surface area (Å²) >= 11 is 1.23. The number of aliphatic hydroxyl groups is 1. The van der Waals surface area contributed by atoms with Gasteiger partial charge in [-0.2, -0.15) is 0 Å². The van der Waals surface area contributed by atoms with E-state index in [-0.39, 0.29) is 6.61 Å². The van der Waals surface area contributed by atoms with Crippen molar-refractivity contribution in [2.45, 2.75) is 23.5 Å². The van der Waals surface area contributed by atoms with Gasteiger partial charge in [-0.3, -0.25) is 0 Å². The number of hydrogen-bond acceptors (Lipinski definition) is 4. The summed E-state index contributed by atoms with van der Waals surface area (Å²) in [6, 6.07) is 3.36. The van der Waals surface area contributed by atoms with Gasteiger partial charge < -0.3 is 5.11 Å². The van der Waals surface area contributed by atoms with Crippen molar-refractivity contribution in [3.8, 4) is 0 Å². The van der Waals surface area contributed by atoms with Crippen molar-refractivity contribution in [1.82, 2.24) is 4.72 Å². The average Bonchev–Trinajstić information content (AvgIpc) is 2.95. The minimum atomic E-state index is -3.33. The standard InChI is InChI=1S/C10H15NO3S2/c12-6-5-9-3-4-10(15-9)16(13,14)11-7-8-1-2-8/h3-4,8,11-12H,1-2,5-7H2. The molecule has 4 nitrogen and oxygen atoms in total. The molecule has 0 bridgehead atoms. The number of nitrogens with one attached hydrogen (secondary N) is 1. The van der Waals surface area contributed by atoms with E-state index in [1.54, 1.807) is 12.1 Å². The van der Waals surface area contributed by atoms with Crippen molar-refractivity contribution < 1.29 is 13.5 Å². The summed E-state index contributed by atoms with van der Waals surface area (Å²) in [4.78, 5) is 0.897. The molecule has 0 amide bonds. The molecule has 0 spiro atoms. The summed E-state index contributed by atoms with van der Waals surface area (Å²) in [6.45, 7) is 0.602. The van der Waals surface area contributed by atoms with Crippen molar-refractivity contribution in [3.63, 3.8) is 0 Å². The highest BCUT2D eigenvalue weighted by Gasteiger charge is 2.24. The SMILES string of the molecule is O=S(=O)(NCC1CC1)c1ccc(CCO)s1. The Hall–Kier alpha value is -0.430. The van der Waals surface area contributed by atoms with E-state index in [1.165, 1.54) is 11.3 Å². The fourth-order valence-corrected chi connectivity index (χ4v) is 3.87. The van der Waals surface area contributed by atoms with Crippen LogP contribution in [-0.4, -0.2) is 26.7 Å². The Labute approximate surface area is 99.4 Å². The van der Waals surface area contributed by atoms with E-state index >= 15 is 0 Å². The first kappa shape index (κ1) is 12.0. The maximum absolute atomic E-state index is 11.8. The molecule has 0 radical (unpaired) electrons. The van der Waals surface area contributed by atoms with Crippen LogP contribution in [0.4, 0.5) is 0 Å². The van der Waals surface area contributed by atoms with Gasteiger partial charge in [0.1, 0.15) is 4.21 Å². The summed E-state index contributed by atoms with van der Waals surface area (Å²) in [6.07, 6.45) is 2.77. The van der Waals surface area contributed by atoms with Gasteiger partial charge in [0.05, 0.1) is 0 Å². The van der Waals surface area contributed by atoms with Crippen molar-refractivity contribution in [2.75, 3.05) is 13.2 Å². The Morgan fingerprint density at radius 3 is 2.81 bits per heavy atom. The molecule has 1 aromatic heterocycles. The number of hydrogen-bond donors (Lipinski definition) is 2. The molecule has 90 valence electrons. The fraction of sp³-hybridized carbons (Fsp3) is 0.600. The van der Waals surface area contributed by atoms with Crippen LogP contribution in [-0.2, 0) is 16.4 Å². The summed E-state index contributed by atoms with van der Waals surface area (Å²) in [5.41, 5.74) is 0. The van der Waals surface area contributed by atoms with Crippen LogP contribution in [0, 0.1) is 5.92 Å². The van der Waals surface area contributed by atoms with Crippen molar-refractivity contribution in [3.05, 3.63) is 17.0 Å². The molecule has 0 unspecified atom stereocenters. The van der Waals surface area contributed by atoms with E-state index in [1.807, 2.05) is 0 Å². The molecular formula is C10H15NO3S2. The Bertz CT molecular complexity index is 448. The first-order valence-electron chi connectivity index (χ1n) is 5.31. The molecule has 0 saturated heterocycles. The van der Waals surface area contributed by atoms with Gasteiger partial charge in [-0.15, -0.1) is 11.3 Å². The molecule has 16 heavy (non-hydrogen) atoms. The summed E-state index contributed by atoms with van der Waals surface area (Å²) in [7, 11) is -3.33. The number of sulfonamides is 1. The molecule has 0 atom stereocenters. The Balaban J connectivity index is 2.02. The molecule has 0 aliphatic heterocycles. The van der Waals surface area contributed by atoms with E-state index in [9.17, 15) is 8.42 Å². The first-order valence-corrected chi connectivity index (χ1v) is 7.61. The normalized spacial score (nSPS) is 16.6. The quantitative estimate of drug-likeness (QED) is 0.802. The van der Waals surface area contributed by atoms with Gasteiger partial charge >= 0.3 is 0 Å².